The van der Waals surface area contributed by atoms with Crippen LogP contribution in [0.4, 0.5) is 5.69 Å². The summed E-state index contributed by atoms with van der Waals surface area (Å²) < 4.78 is 5.10. The predicted octanol–water partition coefficient (Wildman–Crippen LogP) is 3.03. The number of nitro benzene ring substituents is 1. The van der Waals surface area contributed by atoms with Crippen LogP contribution in [-0.2, 0) is 4.79 Å². The number of benzene rings is 1. The van der Waals surface area contributed by atoms with Gasteiger partial charge in [0, 0.05) is 12.5 Å². The Kier molecular flexibility index (Phi) is 4.20. The fourth-order valence-corrected chi connectivity index (χ4v) is 1.40. The molecule has 0 spiro atoms. The largest absolute Gasteiger partial charge is 0.426 e. The molecule has 0 saturated heterocycles. The maximum Gasteiger partial charge on any atom is 0.310 e. The zero-order valence-electron chi connectivity index (χ0n) is 10.1. The van der Waals surface area contributed by atoms with Crippen molar-refractivity contribution in [1.29, 1.82) is 0 Å². The van der Waals surface area contributed by atoms with Gasteiger partial charge in [-0.1, -0.05) is 20.8 Å². The third-order valence-electron chi connectivity index (χ3n) is 2.34. The number of hydrogen-bond donors (Lipinski definition) is 0. The Morgan fingerprint density at radius 2 is 2.12 bits per heavy atom. The highest BCUT2D eigenvalue weighted by atomic mass is 16.6. The van der Waals surface area contributed by atoms with E-state index in [2.05, 4.69) is 0 Å². The van der Waals surface area contributed by atoms with Gasteiger partial charge in [0.25, 0.3) is 5.69 Å². The van der Waals surface area contributed by atoms with Gasteiger partial charge in [0.2, 0.25) is 0 Å². The molecule has 0 aliphatic rings. The standard InChI is InChI=1S/C12H15NO4/c1-4-12(14)17-11-7-9(13(15)16)5-6-10(11)8(2)3/h5-8H,4H2,1-3H3. The van der Waals surface area contributed by atoms with E-state index >= 15 is 0 Å². The number of nitrogens with zero attached hydrogens (tertiary/aromatic N) is 1. The van der Waals surface area contributed by atoms with Gasteiger partial charge >= 0.3 is 5.97 Å². The zero-order chi connectivity index (χ0) is 13.0. The molecule has 0 aliphatic carbocycles. The Morgan fingerprint density at radius 3 is 2.59 bits per heavy atom. The summed E-state index contributed by atoms with van der Waals surface area (Å²) in [6, 6.07) is 4.34. The normalized spacial score (nSPS) is 10.4. The van der Waals surface area contributed by atoms with Crippen molar-refractivity contribution in [2.24, 2.45) is 0 Å². The highest BCUT2D eigenvalue weighted by Crippen LogP contribution is 2.30. The number of carbonyl (C=O) groups excluding carboxylic acids is 1. The van der Waals surface area contributed by atoms with E-state index in [4.69, 9.17) is 4.74 Å². The summed E-state index contributed by atoms with van der Waals surface area (Å²) >= 11 is 0. The first kappa shape index (κ1) is 13.2. The van der Waals surface area contributed by atoms with E-state index in [1.165, 1.54) is 12.1 Å². The SMILES string of the molecule is CCC(=O)Oc1cc([N+](=O)[O-])ccc1C(C)C. The van der Waals surface area contributed by atoms with Crippen LogP contribution >= 0.6 is 0 Å². The second kappa shape index (κ2) is 5.43. The van der Waals surface area contributed by atoms with E-state index in [0.29, 0.717) is 0 Å². The lowest BCUT2D eigenvalue weighted by Crippen LogP contribution is -2.08. The van der Waals surface area contributed by atoms with Gasteiger partial charge in [0.1, 0.15) is 5.75 Å². The number of non-ortho nitro benzene ring substituents is 1. The molecule has 0 saturated carbocycles. The van der Waals surface area contributed by atoms with Crippen LogP contribution in [0.5, 0.6) is 5.75 Å². The summed E-state index contributed by atoms with van der Waals surface area (Å²) in [5.74, 6) is 0.0175. The maximum absolute atomic E-state index is 11.2. The lowest BCUT2D eigenvalue weighted by molar-refractivity contribution is -0.384. The number of hydrogen-bond acceptors (Lipinski definition) is 4. The number of esters is 1. The summed E-state index contributed by atoms with van der Waals surface area (Å²) in [7, 11) is 0. The minimum atomic E-state index is -0.507. The Labute approximate surface area is 99.5 Å². The topological polar surface area (TPSA) is 69.4 Å². The van der Waals surface area contributed by atoms with Gasteiger partial charge in [-0.25, -0.2) is 0 Å². The molecule has 0 fully saturated rings. The minimum Gasteiger partial charge on any atom is -0.426 e. The van der Waals surface area contributed by atoms with Crippen molar-refractivity contribution in [2.45, 2.75) is 33.1 Å². The maximum atomic E-state index is 11.2. The molecule has 5 nitrogen and oxygen atoms in total. The van der Waals surface area contributed by atoms with Crippen molar-refractivity contribution >= 4 is 11.7 Å². The first-order chi connectivity index (χ1) is 7.95. The van der Waals surface area contributed by atoms with Gasteiger partial charge in [-0.2, -0.15) is 0 Å². The molecule has 0 bridgehead atoms. The molecule has 1 aromatic rings. The van der Waals surface area contributed by atoms with Crippen LogP contribution in [0.15, 0.2) is 18.2 Å². The lowest BCUT2D eigenvalue weighted by Gasteiger charge is -2.11. The zero-order valence-corrected chi connectivity index (χ0v) is 10.1. The Balaban J connectivity index is 3.15. The van der Waals surface area contributed by atoms with Crippen LogP contribution < -0.4 is 4.74 Å². The smallest absolute Gasteiger partial charge is 0.310 e. The highest BCUT2D eigenvalue weighted by Gasteiger charge is 2.16. The van der Waals surface area contributed by atoms with E-state index in [1.807, 2.05) is 13.8 Å². The molecular weight excluding hydrogens is 222 g/mol. The molecule has 1 rings (SSSR count). The van der Waals surface area contributed by atoms with Crippen molar-refractivity contribution < 1.29 is 14.5 Å². The molecule has 1 aromatic carbocycles. The fourth-order valence-electron chi connectivity index (χ4n) is 1.40. The van der Waals surface area contributed by atoms with Gasteiger partial charge in [-0.15, -0.1) is 0 Å². The van der Waals surface area contributed by atoms with Crippen molar-refractivity contribution in [2.75, 3.05) is 0 Å². The first-order valence-electron chi connectivity index (χ1n) is 5.44. The van der Waals surface area contributed by atoms with Crippen molar-refractivity contribution in [1.82, 2.24) is 0 Å². The second-order valence-corrected chi connectivity index (χ2v) is 3.96. The molecule has 0 radical (unpaired) electrons. The molecule has 17 heavy (non-hydrogen) atoms. The Bertz CT molecular complexity index is 440. The molecule has 0 unspecified atom stereocenters. The van der Waals surface area contributed by atoms with Crippen LogP contribution in [0.25, 0.3) is 0 Å². The van der Waals surface area contributed by atoms with Crippen LogP contribution in [0, 0.1) is 10.1 Å². The van der Waals surface area contributed by atoms with E-state index in [0.717, 1.165) is 5.56 Å². The average Bonchev–Trinajstić information content (AvgIpc) is 2.28. The molecule has 0 amide bonds. The highest BCUT2D eigenvalue weighted by molar-refractivity contribution is 5.72. The van der Waals surface area contributed by atoms with Gasteiger partial charge in [0.05, 0.1) is 11.0 Å². The summed E-state index contributed by atoms with van der Waals surface area (Å²) in [6.45, 7) is 5.55. The van der Waals surface area contributed by atoms with Gasteiger partial charge < -0.3 is 4.74 Å². The number of carbonyl (C=O) groups is 1. The fraction of sp³-hybridized carbons (Fsp3) is 0.417. The van der Waals surface area contributed by atoms with Gasteiger partial charge in [0.15, 0.2) is 0 Å². The van der Waals surface area contributed by atoms with Crippen LogP contribution in [0.2, 0.25) is 0 Å². The molecule has 0 aliphatic heterocycles. The minimum absolute atomic E-state index is 0.0756. The van der Waals surface area contributed by atoms with Crippen LogP contribution in [0.3, 0.4) is 0 Å². The summed E-state index contributed by atoms with van der Waals surface area (Å²) in [5.41, 5.74) is 0.714. The summed E-state index contributed by atoms with van der Waals surface area (Å²) in [4.78, 5) is 21.4. The molecule has 0 atom stereocenters. The van der Waals surface area contributed by atoms with E-state index in [-0.39, 0.29) is 23.8 Å². The van der Waals surface area contributed by atoms with Crippen molar-refractivity contribution in [3.63, 3.8) is 0 Å². The second-order valence-electron chi connectivity index (χ2n) is 3.96. The monoisotopic (exact) mass is 237 g/mol. The predicted molar refractivity (Wildman–Crippen MR) is 63.1 cm³/mol. The Hall–Kier alpha value is -1.91. The molecule has 0 N–H and O–H groups in total. The van der Waals surface area contributed by atoms with Gasteiger partial charge in [-0.05, 0) is 17.5 Å². The lowest BCUT2D eigenvalue weighted by atomic mass is 10.0. The van der Waals surface area contributed by atoms with E-state index < -0.39 is 10.9 Å². The first-order valence-corrected chi connectivity index (χ1v) is 5.44. The molecule has 5 heteroatoms. The Morgan fingerprint density at radius 1 is 1.47 bits per heavy atom. The number of rotatable bonds is 4. The summed E-state index contributed by atoms with van der Waals surface area (Å²) in [5, 5.41) is 10.7. The third-order valence-corrected chi connectivity index (χ3v) is 2.34. The van der Waals surface area contributed by atoms with Crippen LogP contribution in [-0.4, -0.2) is 10.9 Å². The molecular formula is C12H15NO4. The van der Waals surface area contributed by atoms with E-state index in [9.17, 15) is 14.9 Å². The third kappa shape index (κ3) is 3.27. The van der Waals surface area contributed by atoms with Crippen molar-refractivity contribution in [3.8, 4) is 5.75 Å². The number of ether oxygens (including phenoxy) is 1. The number of nitro groups is 1. The molecule has 0 aromatic heterocycles. The molecule has 92 valence electrons. The van der Waals surface area contributed by atoms with Crippen LogP contribution in [0.1, 0.15) is 38.7 Å². The van der Waals surface area contributed by atoms with Gasteiger partial charge in [-0.3, -0.25) is 14.9 Å². The molecule has 0 heterocycles. The average molecular weight is 237 g/mol. The summed E-state index contributed by atoms with van der Waals surface area (Å²) in [6.07, 6.45) is 0.236. The van der Waals surface area contributed by atoms with E-state index in [1.54, 1.807) is 13.0 Å². The van der Waals surface area contributed by atoms with Crippen molar-refractivity contribution in [3.05, 3.63) is 33.9 Å². The quantitative estimate of drug-likeness (QED) is 0.349.